The molecule has 0 saturated heterocycles. The molecule has 0 saturated carbocycles. The highest BCUT2D eigenvalue weighted by molar-refractivity contribution is 5.96. The molecular weight excluding hydrogens is 242 g/mol. The van der Waals surface area contributed by atoms with Gasteiger partial charge >= 0.3 is 0 Å². The van der Waals surface area contributed by atoms with Gasteiger partial charge in [0.05, 0.1) is 11.4 Å². The third kappa shape index (κ3) is 3.86. The Bertz CT molecular complexity index is 433. The van der Waals surface area contributed by atoms with Gasteiger partial charge in [-0.2, -0.15) is 0 Å². The van der Waals surface area contributed by atoms with Crippen LogP contribution >= 0.6 is 0 Å². The lowest BCUT2D eigenvalue weighted by molar-refractivity contribution is 0.0963. The van der Waals surface area contributed by atoms with E-state index in [1.165, 1.54) is 0 Å². The molecule has 0 heterocycles. The summed E-state index contributed by atoms with van der Waals surface area (Å²) in [5.74, 6) is -0.148. The first-order valence-electron chi connectivity index (χ1n) is 6.50. The number of aliphatic hydroxyl groups is 1. The largest absolute Gasteiger partial charge is 0.397 e. The second-order valence-corrected chi connectivity index (χ2v) is 4.72. The maximum atomic E-state index is 11.5. The number of carbonyl (C=O) groups excluding carboxylic acids is 1. The molecule has 5 nitrogen and oxygen atoms in total. The molecule has 0 radical (unpaired) electrons. The molecule has 5 heteroatoms. The van der Waals surface area contributed by atoms with Gasteiger partial charge in [0.1, 0.15) is 0 Å². The van der Waals surface area contributed by atoms with E-state index in [2.05, 4.69) is 24.1 Å². The highest BCUT2D eigenvalue weighted by atomic mass is 16.3. The molecule has 1 rings (SSSR count). The number of rotatable bonds is 6. The second-order valence-electron chi connectivity index (χ2n) is 4.72. The fourth-order valence-electron chi connectivity index (χ4n) is 2.00. The molecule has 0 aliphatic carbocycles. The molecule has 0 fully saturated rings. The Morgan fingerprint density at radius 3 is 2.63 bits per heavy atom. The second kappa shape index (κ2) is 6.99. The lowest BCUT2D eigenvalue weighted by Gasteiger charge is -2.30. The predicted molar refractivity (Wildman–Crippen MR) is 78.4 cm³/mol. The van der Waals surface area contributed by atoms with Crippen LogP contribution in [-0.4, -0.2) is 37.3 Å². The number of nitrogen functional groups attached to an aromatic ring is 1. The molecule has 1 aromatic rings. The van der Waals surface area contributed by atoms with Crippen LogP contribution in [0, 0.1) is 0 Å². The minimum absolute atomic E-state index is 0.148. The normalized spacial score (nSPS) is 10.6. The Hall–Kier alpha value is -1.75. The van der Waals surface area contributed by atoms with E-state index >= 15 is 0 Å². The molecule has 1 aromatic carbocycles. The van der Waals surface area contributed by atoms with Crippen LogP contribution in [0.5, 0.6) is 0 Å². The molecule has 106 valence electrons. The van der Waals surface area contributed by atoms with Gasteiger partial charge in [-0.3, -0.25) is 4.79 Å². The first-order valence-corrected chi connectivity index (χ1v) is 6.50. The van der Waals surface area contributed by atoms with Crippen LogP contribution in [0.3, 0.4) is 0 Å². The van der Waals surface area contributed by atoms with Crippen molar-refractivity contribution >= 4 is 17.3 Å². The van der Waals surface area contributed by atoms with Gasteiger partial charge in [-0.25, -0.2) is 0 Å². The zero-order chi connectivity index (χ0) is 14.4. The summed E-state index contributed by atoms with van der Waals surface area (Å²) in [6.45, 7) is 5.03. The van der Waals surface area contributed by atoms with Crippen LogP contribution in [0.1, 0.15) is 30.6 Å². The molecule has 0 spiro atoms. The van der Waals surface area contributed by atoms with E-state index in [1.54, 1.807) is 19.2 Å². The fraction of sp³-hybridized carbons (Fsp3) is 0.500. The van der Waals surface area contributed by atoms with Crippen molar-refractivity contribution in [1.29, 1.82) is 0 Å². The van der Waals surface area contributed by atoms with Gasteiger partial charge < -0.3 is 21.1 Å². The minimum Gasteiger partial charge on any atom is -0.397 e. The van der Waals surface area contributed by atoms with E-state index in [1.807, 2.05) is 6.07 Å². The standard InChI is InChI=1S/C14H23N3O2/c1-10(2)17(7-4-8-18)13-6-5-11(9-12(13)15)14(19)16-3/h5-6,9-10,18H,4,7-8,15H2,1-3H3,(H,16,19). The number of benzene rings is 1. The maximum absolute atomic E-state index is 11.5. The molecule has 0 aromatic heterocycles. The summed E-state index contributed by atoms with van der Waals surface area (Å²) in [5, 5.41) is 11.5. The molecule has 19 heavy (non-hydrogen) atoms. The zero-order valence-electron chi connectivity index (χ0n) is 11.8. The third-order valence-corrected chi connectivity index (χ3v) is 3.01. The predicted octanol–water partition coefficient (Wildman–Crippen LogP) is 1.23. The molecule has 0 bridgehead atoms. The van der Waals surface area contributed by atoms with Crippen LogP contribution in [0.25, 0.3) is 0 Å². The van der Waals surface area contributed by atoms with Crippen molar-refractivity contribution in [3.63, 3.8) is 0 Å². The highest BCUT2D eigenvalue weighted by Crippen LogP contribution is 2.26. The summed E-state index contributed by atoms with van der Waals surface area (Å²) in [6.07, 6.45) is 0.689. The van der Waals surface area contributed by atoms with Crippen LogP contribution in [0.2, 0.25) is 0 Å². The van der Waals surface area contributed by atoms with Crippen molar-refractivity contribution in [2.24, 2.45) is 0 Å². The van der Waals surface area contributed by atoms with Crippen molar-refractivity contribution in [2.45, 2.75) is 26.3 Å². The lowest BCUT2D eigenvalue weighted by Crippen LogP contribution is -2.33. The van der Waals surface area contributed by atoms with E-state index in [-0.39, 0.29) is 18.6 Å². The number of hydrogen-bond acceptors (Lipinski definition) is 4. The first kappa shape index (κ1) is 15.3. The summed E-state index contributed by atoms with van der Waals surface area (Å²) in [6, 6.07) is 5.58. The van der Waals surface area contributed by atoms with Gasteiger partial charge in [-0.1, -0.05) is 0 Å². The molecule has 1 amide bonds. The van der Waals surface area contributed by atoms with E-state index in [9.17, 15) is 4.79 Å². The van der Waals surface area contributed by atoms with Crippen molar-refractivity contribution in [3.8, 4) is 0 Å². The Kier molecular flexibility index (Phi) is 5.63. The number of carbonyl (C=O) groups is 1. The van der Waals surface area contributed by atoms with Gasteiger partial charge in [-0.15, -0.1) is 0 Å². The minimum atomic E-state index is -0.148. The molecular formula is C14H23N3O2. The Balaban J connectivity index is 3.01. The SMILES string of the molecule is CNC(=O)c1ccc(N(CCCO)C(C)C)c(N)c1. The summed E-state index contributed by atoms with van der Waals surface area (Å²) in [5.41, 5.74) is 8.07. The lowest BCUT2D eigenvalue weighted by atomic mass is 10.1. The number of nitrogens with two attached hydrogens (primary N) is 1. The van der Waals surface area contributed by atoms with Crippen LogP contribution < -0.4 is 16.0 Å². The monoisotopic (exact) mass is 265 g/mol. The number of amides is 1. The maximum Gasteiger partial charge on any atom is 0.251 e. The number of nitrogens with zero attached hydrogens (tertiary/aromatic N) is 1. The van der Waals surface area contributed by atoms with Gasteiger partial charge in [-0.05, 0) is 38.5 Å². The van der Waals surface area contributed by atoms with E-state index in [4.69, 9.17) is 10.8 Å². The first-order chi connectivity index (χ1) is 9.01. The van der Waals surface area contributed by atoms with Crippen molar-refractivity contribution in [3.05, 3.63) is 23.8 Å². The summed E-state index contributed by atoms with van der Waals surface area (Å²) >= 11 is 0. The smallest absolute Gasteiger partial charge is 0.251 e. The van der Waals surface area contributed by atoms with Gasteiger partial charge in [0.25, 0.3) is 5.91 Å². The summed E-state index contributed by atoms with van der Waals surface area (Å²) in [7, 11) is 1.59. The van der Waals surface area contributed by atoms with Crippen molar-refractivity contribution in [2.75, 3.05) is 30.8 Å². The Labute approximate surface area is 114 Å². The van der Waals surface area contributed by atoms with E-state index in [0.29, 0.717) is 17.7 Å². The average Bonchev–Trinajstić information content (AvgIpc) is 2.39. The Morgan fingerprint density at radius 1 is 1.47 bits per heavy atom. The van der Waals surface area contributed by atoms with Gasteiger partial charge in [0.2, 0.25) is 0 Å². The molecule has 0 aliphatic rings. The molecule has 0 aliphatic heterocycles. The molecule has 0 atom stereocenters. The van der Waals surface area contributed by atoms with E-state index < -0.39 is 0 Å². The average molecular weight is 265 g/mol. The number of aliphatic hydroxyl groups excluding tert-OH is 1. The third-order valence-electron chi connectivity index (χ3n) is 3.01. The van der Waals surface area contributed by atoms with E-state index in [0.717, 1.165) is 12.2 Å². The topological polar surface area (TPSA) is 78.6 Å². The number of hydrogen-bond donors (Lipinski definition) is 3. The highest BCUT2D eigenvalue weighted by Gasteiger charge is 2.14. The van der Waals surface area contributed by atoms with Crippen LogP contribution in [-0.2, 0) is 0 Å². The summed E-state index contributed by atoms with van der Waals surface area (Å²) < 4.78 is 0. The quantitative estimate of drug-likeness (QED) is 0.676. The molecule has 0 unspecified atom stereocenters. The van der Waals surface area contributed by atoms with Crippen molar-refractivity contribution in [1.82, 2.24) is 5.32 Å². The van der Waals surface area contributed by atoms with Gasteiger partial charge in [0, 0.05) is 31.8 Å². The number of anilines is 2. The van der Waals surface area contributed by atoms with Crippen LogP contribution in [0.15, 0.2) is 18.2 Å². The van der Waals surface area contributed by atoms with Gasteiger partial charge in [0.15, 0.2) is 0 Å². The molecule has 4 N–H and O–H groups in total. The van der Waals surface area contributed by atoms with Crippen LogP contribution in [0.4, 0.5) is 11.4 Å². The zero-order valence-corrected chi connectivity index (χ0v) is 11.8. The Morgan fingerprint density at radius 2 is 2.16 bits per heavy atom. The number of nitrogens with one attached hydrogen (secondary N) is 1. The summed E-state index contributed by atoms with van der Waals surface area (Å²) in [4.78, 5) is 13.7. The fourth-order valence-corrected chi connectivity index (χ4v) is 2.00. The van der Waals surface area contributed by atoms with Crippen molar-refractivity contribution < 1.29 is 9.90 Å².